The average molecular weight is 422 g/mol. The van der Waals surface area contributed by atoms with Gasteiger partial charge in [0.05, 0.1) is 7.11 Å². The first-order valence-corrected chi connectivity index (χ1v) is 9.93. The molecule has 0 radical (unpaired) electrons. The van der Waals surface area contributed by atoms with Gasteiger partial charge in [-0.3, -0.25) is 4.79 Å². The van der Waals surface area contributed by atoms with Gasteiger partial charge in [-0.25, -0.2) is 14.7 Å². The number of imide groups is 1. The Morgan fingerprint density at radius 2 is 1.90 bits per heavy atom. The normalized spacial score (nSPS) is 15.8. The molecule has 0 N–H and O–H groups in total. The molecule has 0 spiro atoms. The van der Waals surface area contributed by atoms with Crippen molar-refractivity contribution in [2.45, 2.75) is 26.1 Å². The number of hydrogen-bond acceptors (Lipinski definition) is 7. The molecule has 8 heteroatoms. The Hall–Kier alpha value is -3.81. The van der Waals surface area contributed by atoms with Crippen molar-refractivity contribution in [3.63, 3.8) is 0 Å². The minimum Gasteiger partial charge on any atom is -0.493 e. The van der Waals surface area contributed by atoms with E-state index in [4.69, 9.17) is 18.6 Å². The Kier molecular flexibility index (Phi) is 5.88. The van der Waals surface area contributed by atoms with E-state index in [1.807, 2.05) is 37.3 Å². The van der Waals surface area contributed by atoms with E-state index in [0.717, 1.165) is 10.5 Å². The Morgan fingerprint density at radius 1 is 1.10 bits per heavy atom. The van der Waals surface area contributed by atoms with Crippen LogP contribution in [0.1, 0.15) is 30.7 Å². The van der Waals surface area contributed by atoms with E-state index in [0.29, 0.717) is 41.6 Å². The number of amides is 2. The summed E-state index contributed by atoms with van der Waals surface area (Å²) in [4.78, 5) is 30.0. The predicted molar refractivity (Wildman–Crippen MR) is 110 cm³/mol. The van der Waals surface area contributed by atoms with Crippen molar-refractivity contribution in [1.82, 2.24) is 9.88 Å². The molecule has 2 aromatic carbocycles. The summed E-state index contributed by atoms with van der Waals surface area (Å²) >= 11 is 0. The standard InChI is InChI=1S/C23H22N2O6/c1-3-11-25-22(26)20(31-23(25)27)16-9-10-18(19(12-16)28-2)29-13-17-14-30-21(24-17)15-7-5-4-6-8-15/h4-10,12,14,20H,3,11,13H2,1-2H3. The third-order valence-corrected chi connectivity index (χ3v) is 4.82. The molecule has 8 nitrogen and oxygen atoms in total. The lowest BCUT2D eigenvalue weighted by atomic mass is 10.1. The second-order valence-electron chi connectivity index (χ2n) is 6.96. The minimum atomic E-state index is -0.981. The summed E-state index contributed by atoms with van der Waals surface area (Å²) in [6, 6.07) is 14.6. The number of oxazole rings is 1. The molecule has 0 bridgehead atoms. The largest absolute Gasteiger partial charge is 0.493 e. The molecule has 160 valence electrons. The zero-order valence-corrected chi connectivity index (χ0v) is 17.2. The summed E-state index contributed by atoms with van der Waals surface area (Å²) in [6.07, 6.45) is 0.599. The van der Waals surface area contributed by atoms with Crippen molar-refractivity contribution >= 4 is 12.0 Å². The Balaban J connectivity index is 1.46. The molecular formula is C23H22N2O6. The highest BCUT2D eigenvalue weighted by Crippen LogP contribution is 2.35. The molecule has 1 unspecified atom stereocenters. The van der Waals surface area contributed by atoms with Crippen LogP contribution in [0.3, 0.4) is 0 Å². The zero-order valence-electron chi connectivity index (χ0n) is 17.2. The van der Waals surface area contributed by atoms with Crippen molar-refractivity contribution in [3.8, 4) is 23.0 Å². The first-order chi connectivity index (χ1) is 15.1. The van der Waals surface area contributed by atoms with E-state index in [9.17, 15) is 9.59 Å². The van der Waals surface area contributed by atoms with Crippen LogP contribution < -0.4 is 9.47 Å². The number of cyclic esters (lactones) is 1. The van der Waals surface area contributed by atoms with E-state index in [2.05, 4.69) is 4.98 Å². The maximum Gasteiger partial charge on any atom is 0.417 e. The number of aromatic nitrogens is 1. The fourth-order valence-corrected chi connectivity index (χ4v) is 3.29. The van der Waals surface area contributed by atoms with Crippen molar-refractivity contribution in [2.75, 3.05) is 13.7 Å². The number of methoxy groups -OCH3 is 1. The molecule has 2 amide bonds. The molecule has 1 fully saturated rings. The van der Waals surface area contributed by atoms with Gasteiger partial charge in [-0.1, -0.05) is 31.2 Å². The zero-order chi connectivity index (χ0) is 21.8. The lowest BCUT2D eigenvalue weighted by molar-refractivity contribution is -0.129. The van der Waals surface area contributed by atoms with E-state index in [-0.39, 0.29) is 12.5 Å². The van der Waals surface area contributed by atoms with Crippen LogP contribution in [0.5, 0.6) is 11.5 Å². The van der Waals surface area contributed by atoms with Gasteiger partial charge in [0.1, 0.15) is 18.6 Å². The van der Waals surface area contributed by atoms with Gasteiger partial charge in [0, 0.05) is 17.7 Å². The molecule has 31 heavy (non-hydrogen) atoms. The maximum atomic E-state index is 12.5. The van der Waals surface area contributed by atoms with E-state index in [1.165, 1.54) is 7.11 Å². The summed E-state index contributed by atoms with van der Waals surface area (Å²) in [5, 5.41) is 0. The third-order valence-electron chi connectivity index (χ3n) is 4.82. The van der Waals surface area contributed by atoms with Crippen LogP contribution in [-0.4, -0.2) is 35.5 Å². The van der Waals surface area contributed by atoms with Gasteiger partial charge in [-0.05, 0) is 30.7 Å². The van der Waals surface area contributed by atoms with Crippen molar-refractivity contribution in [2.24, 2.45) is 0 Å². The molecule has 3 aromatic rings. The number of hydrogen-bond donors (Lipinski definition) is 0. The van der Waals surface area contributed by atoms with Gasteiger partial charge in [-0.15, -0.1) is 0 Å². The molecule has 1 atom stereocenters. The lowest BCUT2D eigenvalue weighted by Crippen LogP contribution is -2.30. The first kappa shape index (κ1) is 20.5. The van der Waals surface area contributed by atoms with Crippen LogP contribution in [0.2, 0.25) is 0 Å². The topological polar surface area (TPSA) is 91.1 Å². The van der Waals surface area contributed by atoms with Crippen LogP contribution in [0.4, 0.5) is 4.79 Å². The van der Waals surface area contributed by atoms with Crippen LogP contribution in [0.15, 0.2) is 59.2 Å². The Labute approximate surface area is 179 Å². The molecular weight excluding hydrogens is 400 g/mol. The van der Waals surface area contributed by atoms with Gasteiger partial charge in [-0.2, -0.15) is 0 Å². The number of ether oxygens (including phenoxy) is 3. The van der Waals surface area contributed by atoms with E-state index < -0.39 is 12.2 Å². The molecule has 1 aliphatic rings. The molecule has 2 heterocycles. The smallest absolute Gasteiger partial charge is 0.417 e. The number of benzene rings is 2. The molecule has 1 aliphatic heterocycles. The van der Waals surface area contributed by atoms with E-state index in [1.54, 1.807) is 24.5 Å². The summed E-state index contributed by atoms with van der Waals surface area (Å²) < 4.78 is 22.0. The number of rotatable bonds is 8. The highest BCUT2D eigenvalue weighted by molar-refractivity contribution is 6.00. The van der Waals surface area contributed by atoms with Crippen LogP contribution >= 0.6 is 0 Å². The number of carbonyl (C=O) groups excluding carboxylic acids is 2. The van der Waals surface area contributed by atoms with E-state index >= 15 is 0 Å². The number of carbonyl (C=O) groups is 2. The van der Waals surface area contributed by atoms with Gasteiger partial charge in [0.15, 0.2) is 11.5 Å². The molecule has 4 rings (SSSR count). The highest BCUT2D eigenvalue weighted by atomic mass is 16.6. The molecule has 0 saturated carbocycles. The van der Waals surface area contributed by atoms with Gasteiger partial charge >= 0.3 is 6.09 Å². The summed E-state index contributed by atoms with van der Waals surface area (Å²) in [5.41, 5.74) is 2.03. The molecule has 0 aliphatic carbocycles. The summed E-state index contributed by atoms with van der Waals surface area (Å²) in [6.45, 7) is 2.39. The molecule has 1 aromatic heterocycles. The monoisotopic (exact) mass is 422 g/mol. The quantitative estimate of drug-likeness (QED) is 0.533. The Morgan fingerprint density at radius 3 is 2.65 bits per heavy atom. The number of nitrogens with zero attached hydrogens (tertiary/aromatic N) is 2. The SMILES string of the molecule is CCCN1C(=O)OC(c2ccc(OCc3coc(-c4ccccc4)n3)c(OC)c2)C1=O. The maximum absolute atomic E-state index is 12.5. The van der Waals surface area contributed by atoms with Gasteiger partial charge in [0.2, 0.25) is 12.0 Å². The predicted octanol–water partition coefficient (Wildman–Crippen LogP) is 4.36. The summed E-state index contributed by atoms with van der Waals surface area (Å²) in [5.74, 6) is 1.03. The lowest BCUT2D eigenvalue weighted by Gasteiger charge is -2.13. The van der Waals surface area contributed by atoms with Crippen LogP contribution in [-0.2, 0) is 16.1 Å². The fraction of sp³-hybridized carbons (Fsp3) is 0.261. The van der Waals surface area contributed by atoms with Crippen LogP contribution in [0, 0.1) is 0 Å². The first-order valence-electron chi connectivity index (χ1n) is 9.93. The third kappa shape index (κ3) is 4.23. The average Bonchev–Trinajstić information content (AvgIpc) is 3.39. The second kappa shape index (κ2) is 8.91. The second-order valence-corrected chi connectivity index (χ2v) is 6.96. The fourth-order valence-electron chi connectivity index (χ4n) is 3.29. The van der Waals surface area contributed by atoms with Gasteiger partial charge < -0.3 is 18.6 Å². The Bertz CT molecular complexity index is 1080. The minimum absolute atomic E-state index is 0.174. The molecule has 1 saturated heterocycles. The van der Waals surface area contributed by atoms with Crippen molar-refractivity contribution in [1.29, 1.82) is 0 Å². The van der Waals surface area contributed by atoms with Crippen molar-refractivity contribution < 1.29 is 28.2 Å². The summed E-state index contributed by atoms with van der Waals surface area (Å²) in [7, 11) is 1.50. The van der Waals surface area contributed by atoms with Crippen LogP contribution in [0.25, 0.3) is 11.5 Å². The highest BCUT2D eigenvalue weighted by Gasteiger charge is 2.41. The van der Waals surface area contributed by atoms with Gasteiger partial charge in [0.25, 0.3) is 5.91 Å². The van der Waals surface area contributed by atoms with Crippen molar-refractivity contribution in [3.05, 3.63) is 66.1 Å².